The molecule has 0 atom stereocenters. The standard InChI is InChI=1S/C18H22N4O3S/c1-5-25-18(24)15-13-6-7-22(17(23)14-10-26-11(2)20-14)9-12(13)8-19-16(15)21(3)4/h8,10H,5-7,9H2,1-4H3. The monoisotopic (exact) mass is 374 g/mol. The minimum atomic E-state index is -0.365. The zero-order valence-corrected chi connectivity index (χ0v) is 16.2. The molecule has 0 saturated carbocycles. The molecule has 0 N–H and O–H groups in total. The van der Waals surface area contributed by atoms with Gasteiger partial charge >= 0.3 is 5.97 Å². The van der Waals surface area contributed by atoms with Crippen molar-refractivity contribution in [1.82, 2.24) is 14.9 Å². The second-order valence-electron chi connectivity index (χ2n) is 6.30. The van der Waals surface area contributed by atoms with Crippen LogP contribution in [0.3, 0.4) is 0 Å². The summed E-state index contributed by atoms with van der Waals surface area (Å²) in [6.07, 6.45) is 2.33. The minimum Gasteiger partial charge on any atom is -0.462 e. The molecule has 0 unspecified atom stereocenters. The Hall–Kier alpha value is -2.48. The molecule has 0 aromatic carbocycles. The first-order valence-electron chi connectivity index (χ1n) is 8.49. The van der Waals surface area contributed by atoms with Gasteiger partial charge in [0.25, 0.3) is 5.91 Å². The van der Waals surface area contributed by atoms with Crippen molar-refractivity contribution in [2.75, 3.05) is 32.1 Å². The summed E-state index contributed by atoms with van der Waals surface area (Å²) in [6.45, 7) is 4.92. The number of pyridine rings is 1. The molecule has 3 heterocycles. The molecule has 7 nitrogen and oxygen atoms in total. The molecule has 3 rings (SSSR count). The number of carbonyl (C=O) groups excluding carboxylic acids is 2. The molecule has 1 amide bonds. The Morgan fingerprint density at radius 1 is 1.38 bits per heavy atom. The number of carbonyl (C=O) groups is 2. The predicted molar refractivity (Wildman–Crippen MR) is 99.8 cm³/mol. The Bertz CT molecular complexity index is 847. The number of fused-ring (bicyclic) bond motifs is 1. The van der Waals surface area contributed by atoms with Gasteiger partial charge in [-0.05, 0) is 31.4 Å². The van der Waals surface area contributed by atoms with Gasteiger partial charge < -0.3 is 14.5 Å². The van der Waals surface area contributed by atoms with Gasteiger partial charge in [-0.25, -0.2) is 14.8 Å². The molecule has 0 aliphatic carbocycles. The van der Waals surface area contributed by atoms with E-state index in [0.29, 0.717) is 43.2 Å². The molecule has 26 heavy (non-hydrogen) atoms. The van der Waals surface area contributed by atoms with Gasteiger partial charge in [0, 0.05) is 38.8 Å². The maximum absolute atomic E-state index is 12.7. The number of hydrogen-bond donors (Lipinski definition) is 0. The number of thiazole rings is 1. The summed E-state index contributed by atoms with van der Waals surface area (Å²) in [5.74, 6) is 0.141. The maximum Gasteiger partial charge on any atom is 0.342 e. The Morgan fingerprint density at radius 2 is 2.15 bits per heavy atom. The molecule has 0 bridgehead atoms. The highest BCUT2D eigenvalue weighted by atomic mass is 32.1. The Balaban J connectivity index is 1.93. The van der Waals surface area contributed by atoms with Gasteiger partial charge in [-0.3, -0.25) is 4.79 Å². The van der Waals surface area contributed by atoms with E-state index in [9.17, 15) is 9.59 Å². The van der Waals surface area contributed by atoms with Crippen LogP contribution in [0.1, 0.15) is 43.9 Å². The lowest BCUT2D eigenvalue weighted by Crippen LogP contribution is -2.37. The molecule has 2 aromatic heterocycles. The number of amides is 1. The Labute approximate surface area is 156 Å². The average Bonchev–Trinajstić information content (AvgIpc) is 3.06. The van der Waals surface area contributed by atoms with Crippen molar-refractivity contribution >= 4 is 29.0 Å². The smallest absolute Gasteiger partial charge is 0.342 e. The number of esters is 1. The first-order valence-corrected chi connectivity index (χ1v) is 9.37. The second-order valence-corrected chi connectivity index (χ2v) is 7.37. The third-order valence-corrected chi connectivity index (χ3v) is 5.05. The highest BCUT2D eigenvalue weighted by molar-refractivity contribution is 7.09. The third-order valence-electron chi connectivity index (χ3n) is 4.28. The molecular formula is C18H22N4O3S. The molecule has 2 aromatic rings. The summed E-state index contributed by atoms with van der Waals surface area (Å²) >= 11 is 1.46. The van der Waals surface area contributed by atoms with Gasteiger partial charge in [-0.1, -0.05) is 0 Å². The van der Waals surface area contributed by atoms with E-state index < -0.39 is 0 Å². The van der Waals surface area contributed by atoms with Gasteiger partial charge in [-0.2, -0.15) is 0 Å². The summed E-state index contributed by atoms with van der Waals surface area (Å²) in [4.78, 5) is 37.5. The number of aromatic nitrogens is 2. The summed E-state index contributed by atoms with van der Waals surface area (Å²) in [5, 5.41) is 2.65. The van der Waals surface area contributed by atoms with E-state index in [1.807, 2.05) is 25.9 Å². The Morgan fingerprint density at radius 3 is 2.77 bits per heavy atom. The molecule has 138 valence electrons. The largest absolute Gasteiger partial charge is 0.462 e. The van der Waals surface area contributed by atoms with Crippen molar-refractivity contribution in [1.29, 1.82) is 0 Å². The van der Waals surface area contributed by atoms with Crippen LogP contribution in [0.5, 0.6) is 0 Å². The fourth-order valence-corrected chi connectivity index (χ4v) is 3.67. The van der Waals surface area contributed by atoms with Crippen LogP contribution >= 0.6 is 11.3 Å². The minimum absolute atomic E-state index is 0.0885. The lowest BCUT2D eigenvalue weighted by molar-refractivity contribution is 0.0524. The van der Waals surface area contributed by atoms with Crippen LogP contribution in [0.15, 0.2) is 11.6 Å². The van der Waals surface area contributed by atoms with E-state index in [1.165, 1.54) is 11.3 Å². The van der Waals surface area contributed by atoms with Crippen LogP contribution in [0.4, 0.5) is 5.82 Å². The van der Waals surface area contributed by atoms with Gasteiger partial charge in [-0.15, -0.1) is 11.3 Å². The van der Waals surface area contributed by atoms with Crippen molar-refractivity contribution in [2.45, 2.75) is 26.8 Å². The molecule has 0 fully saturated rings. The average molecular weight is 374 g/mol. The van der Waals surface area contributed by atoms with E-state index in [2.05, 4.69) is 9.97 Å². The lowest BCUT2D eigenvalue weighted by Gasteiger charge is -2.30. The number of rotatable bonds is 4. The molecule has 1 aliphatic heterocycles. The van der Waals surface area contributed by atoms with Gasteiger partial charge in [0.05, 0.1) is 11.6 Å². The van der Waals surface area contributed by atoms with Crippen LogP contribution in [0, 0.1) is 6.92 Å². The normalized spacial score (nSPS) is 13.3. The Kier molecular flexibility index (Phi) is 5.22. The molecule has 0 radical (unpaired) electrons. The van der Waals surface area contributed by atoms with E-state index in [1.54, 1.807) is 23.4 Å². The van der Waals surface area contributed by atoms with E-state index in [-0.39, 0.29) is 11.9 Å². The van der Waals surface area contributed by atoms with Crippen LogP contribution in [0.2, 0.25) is 0 Å². The second kappa shape index (κ2) is 7.41. The third kappa shape index (κ3) is 3.41. The van der Waals surface area contributed by atoms with Crippen molar-refractivity contribution in [2.24, 2.45) is 0 Å². The molecule has 1 aliphatic rings. The van der Waals surface area contributed by atoms with Crippen molar-refractivity contribution in [3.63, 3.8) is 0 Å². The quantitative estimate of drug-likeness (QED) is 0.765. The topological polar surface area (TPSA) is 75.6 Å². The van der Waals surface area contributed by atoms with E-state index in [4.69, 9.17) is 4.74 Å². The fourth-order valence-electron chi connectivity index (χ4n) is 3.08. The van der Waals surface area contributed by atoms with Crippen LogP contribution in [0.25, 0.3) is 0 Å². The number of ether oxygens (including phenoxy) is 1. The SMILES string of the molecule is CCOC(=O)c1c(N(C)C)ncc2c1CCN(C(=O)c1csc(C)n1)C2. The zero-order valence-electron chi connectivity index (χ0n) is 15.4. The number of aryl methyl sites for hydroxylation is 1. The van der Waals surface area contributed by atoms with Gasteiger partial charge in [0.2, 0.25) is 0 Å². The van der Waals surface area contributed by atoms with Crippen molar-refractivity contribution in [3.8, 4) is 0 Å². The van der Waals surface area contributed by atoms with Crippen LogP contribution in [-0.4, -0.2) is 54.0 Å². The molecule has 0 spiro atoms. The summed E-state index contributed by atoms with van der Waals surface area (Å²) < 4.78 is 5.24. The van der Waals surface area contributed by atoms with E-state index >= 15 is 0 Å². The first kappa shape index (κ1) is 18.3. The number of anilines is 1. The van der Waals surface area contributed by atoms with Gasteiger partial charge in [0.15, 0.2) is 0 Å². The molecule has 0 saturated heterocycles. The summed E-state index contributed by atoms with van der Waals surface area (Å²) in [5.41, 5.74) is 2.77. The van der Waals surface area contributed by atoms with Gasteiger partial charge in [0.1, 0.15) is 17.1 Å². The van der Waals surface area contributed by atoms with Crippen molar-refractivity contribution in [3.05, 3.63) is 39.0 Å². The summed E-state index contributed by atoms with van der Waals surface area (Å²) in [6, 6.07) is 0. The number of hydrogen-bond acceptors (Lipinski definition) is 7. The van der Waals surface area contributed by atoms with Crippen LogP contribution in [-0.2, 0) is 17.7 Å². The highest BCUT2D eigenvalue weighted by Crippen LogP contribution is 2.29. The first-order chi connectivity index (χ1) is 12.4. The number of nitrogens with zero attached hydrogens (tertiary/aromatic N) is 4. The zero-order chi connectivity index (χ0) is 18.8. The maximum atomic E-state index is 12.7. The van der Waals surface area contributed by atoms with E-state index in [0.717, 1.165) is 16.1 Å². The van der Waals surface area contributed by atoms with Crippen molar-refractivity contribution < 1.29 is 14.3 Å². The summed E-state index contributed by atoms with van der Waals surface area (Å²) in [7, 11) is 3.70. The molecular weight excluding hydrogens is 352 g/mol. The highest BCUT2D eigenvalue weighted by Gasteiger charge is 2.29. The predicted octanol–water partition coefficient (Wildman–Crippen LogP) is 2.29. The lowest BCUT2D eigenvalue weighted by atomic mass is 9.95. The molecule has 8 heteroatoms. The fraction of sp³-hybridized carbons (Fsp3) is 0.444. The van der Waals surface area contributed by atoms with Crippen LogP contribution < -0.4 is 4.90 Å².